The van der Waals surface area contributed by atoms with Crippen molar-refractivity contribution in [2.45, 2.75) is 38.7 Å². The van der Waals surface area contributed by atoms with Crippen LogP contribution in [-0.2, 0) is 10.2 Å². The fourth-order valence-corrected chi connectivity index (χ4v) is 2.22. The summed E-state index contributed by atoms with van der Waals surface area (Å²) in [7, 11) is 0. The maximum Gasteiger partial charge on any atom is 0.407 e. The highest BCUT2D eigenvalue weighted by molar-refractivity contribution is 6.32. The van der Waals surface area contributed by atoms with Gasteiger partial charge in [-0.15, -0.1) is 0 Å². The van der Waals surface area contributed by atoms with Crippen molar-refractivity contribution in [2.24, 2.45) is 5.73 Å². The molecule has 0 aliphatic rings. The van der Waals surface area contributed by atoms with Crippen molar-refractivity contribution in [1.82, 2.24) is 10.3 Å². The van der Waals surface area contributed by atoms with Crippen LogP contribution in [0.2, 0.25) is 10.2 Å². The highest BCUT2D eigenvalue weighted by Crippen LogP contribution is 2.30. The highest BCUT2D eigenvalue weighted by Gasteiger charge is 2.29. The van der Waals surface area contributed by atoms with Crippen LogP contribution in [0.5, 0.6) is 0 Å². The molecule has 0 spiro atoms. The van der Waals surface area contributed by atoms with Crippen molar-refractivity contribution in [1.29, 1.82) is 0 Å². The number of aromatic nitrogens is 1. The number of ether oxygens (including phenoxy) is 1. The quantitative estimate of drug-likeness (QED) is 0.830. The Bertz CT molecular complexity index is 517. The lowest BCUT2D eigenvalue weighted by Crippen LogP contribution is -2.45. The van der Waals surface area contributed by atoms with E-state index in [0.717, 1.165) is 5.56 Å². The third-order valence-electron chi connectivity index (χ3n) is 2.94. The van der Waals surface area contributed by atoms with Crippen molar-refractivity contribution < 1.29 is 9.53 Å². The molecule has 1 unspecified atom stereocenters. The molecule has 118 valence electrons. The van der Waals surface area contributed by atoms with E-state index in [4.69, 9.17) is 33.7 Å². The van der Waals surface area contributed by atoms with Crippen LogP contribution < -0.4 is 11.1 Å². The molecule has 0 bridgehead atoms. The minimum absolute atomic E-state index is 0.276. The number of nitrogens with one attached hydrogen (secondary N) is 1. The predicted octanol–water partition coefficient (Wildman–Crippen LogP) is 3.13. The van der Waals surface area contributed by atoms with Crippen LogP contribution in [0.15, 0.2) is 12.3 Å². The lowest BCUT2D eigenvalue weighted by molar-refractivity contribution is 0.0516. The monoisotopic (exact) mass is 333 g/mol. The molecule has 1 heterocycles. The van der Waals surface area contributed by atoms with Crippen LogP contribution in [0.1, 0.15) is 33.3 Å². The van der Waals surface area contributed by atoms with E-state index in [-0.39, 0.29) is 13.1 Å². The second kappa shape index (κ2) is 6.81. The molecule has 7 heteroatoms. The van der Waals surface area contributed by atoms with E-state index in [1.807, 2.05) is 6.92 Å². The zero-order valence-electron chi connectivity index (χ0n) is 12.7. The van der Waals surface area contributed by atoms with E-state index >= 15 is 0 Å². The molecule has 0 saturated heterocycles. The normalized spacial score (nSPS) is 14.4. The molecule has 1 atom stereocenters. The topological polar surface area (TPSA) is 77.2 Å². The van der Waals surface area contributed by atoms with Gasteiger partial charge in [-0.3, -0.25) is 0 Å². The van der Waals surface area contributed by atoms with E-state index in [1.165, 1.54) is 6.20 Å². The van der Waals surface area contributed by atoms with Crippen LogP contribution in [0.25, 0.3) is 0 Å². The maximum absolute atomic E-state index is 11.8. The zero-order chi connectivity index (χ0) is 16.3. The van der Waals surface area contributed by atoms with E-state index in [1.54, 1.807) is 26.8 Å². The van der Waals surface area contributed by atoms with Crippen molar-refractivity contribution in [3.8, 4) is 0 Å². The standard InChI is InChI=1S/C14H21Cl2N3O2/c1-13(2,3)21-12(20)19-8-14(4,7-17)9-5-11(16)18-6-10(9)15/h5-6H,7-8,17H2,1-4H3,(H,19,20). The van der Waals surface area contributed by atoms with E-state index in [9.17, 15) is 4.79 Å². The molecule has 0 fully saturated rings. The average Bonchev–Trinajstić information content (AvgIpc) is 2.37. The summed E-state index contributed by atoms with van der Waals surface area (Å²) in [5.74, 6) is 0. The number of pyridine rings is 1. The molecule has 21 heavy (non-hydrogen) atoms. The summed E-state index contributed by atoms with van der Waals surface area (Å²) in [6.07, 6.45) is 0.971. The van der Waals surface area contributed by atoms with Crippen molar-refractivity contribution in [2.75, 3.05) is 13.1 Å². The van der Waals surface area contributed by atoms with Gasteiger partial charge in [0.05, 0.1) is 5.02 Å². The first-order valence-electron chi connectivity index (χ1n) is 6.56. The molecule has 0 aromatic carbocycles. The maximum atomic E-state index is 11.8. The molecule has 5 nitrogen and oxygen atoms in total. The fraction of sp³-hybridized carbons (Fsp3) is 0.571. The Labute approximate surface area is 135 Å². The SMILES string of the molecule is CC(C)(C)OC(=O)NCC(C)(CN)c1cc(Cl)ncc1Cl. The van der Waals surface area contributed by atoms with Crippen molar-refractivity contribution in [3.63, 3.8) is 0 Å². The van der Waals surface area contributed by atoms with E-state index in [2.05, 4.69) is 10.3 Å². The Kier molecular flexibility index (Phi) is 5.84. The number of carbonyl (C=O) groups excluding carboxylic acids is 1. The Balaban J connectivity index is 2.86. The number of hydrogen-bond donors (Lipinski definition) is 2. The van der Waals surface area contributed by atoms with Gasteiger partial charge in [-0.1, -0.05) is 30.1 Å². The van der Waals surface area contributed by atoms with E-state index in [0.29, 0.717) is 10.2 Å². The number of carbonyl (C=O) groups is 1. The summed E-state index contributed by atoms with van der Waals surface area (Å²) in [5.41, 5.74) is 5.47. The van der Waals surface area contributed by atoms with Crippen LogP contribution in [0.4, 0.5) is 4.79 Å². The molecule has 1 rings (SSSR count). The molecule has 0 aliphatic carbocycles. The Morgan fingerprint density at radius 2 is 2.00 bits per heavy atom. The first-order valence-corrected chi connectivity index (χ1v) is 7.31. The summed E-state index contributed by atoms with van der Waals surface area (Å²) < 4.78 is 5.21. The fourth-order valence-electron chi connectivity index (χ4n) is 1.73. The van der Waals surface area contributed by atoms with Gasteiger partial charge in [0.15, 0.2) is 0 Å². The first-order chi connectivity index (χ1) is 9.57. The van der Waals surface area contributed by atoms with Gasteiger partial charge in [-0.25, -0.2) is 9.78 Å². The summed E-state index contributed by atoms with van der Waals surface area (Å²) in [5, 5.41) is 3.49. The van der Waals surface area contributed by atoms with Crippen molar-refractivity contribution in [3.05, 3.63) is 28.0 Å². The van der Waals surface area contributed by atoms with Gasteiger partial charge < -0.3 is 15.8 Å². The third kappa shape index (κ3) is 5.34. The van der Waals surface area contributed by atoms with E-state index < -0.39 is 17.1 Å². The second-order valence-electron chi connectivity index (χ2n) is 6.11. The molecule has 1 amide bonds. The Morgan fingerprint density at radius 3 is 2.52 bits per heavy atom. The highest BCUT2D eigenvalue weighted by atomic mass is 35.5. The van der Waals surface area contributed by atoms with Gasteiger partial charge in [0, 0.05) is 24.7 Å². The summed E-state index contributed by atoms with van der Waals surface area (Å²) in [6.45, 7) is 7.85. The van der Waals surface area contributed by atoms with Gasteiger partial charge in [0.1, 0.15) is 10.8 Å². The van der Waals surface area contributed by atoms with Gasteiger partial charge in [0.2, 0.25) is 0 Å². The number of amides is 1. The Hall–Kier alpha value is -1.04. The molecular weight excluding hydrogens is 313 g/mol. The van der Waals surface area contributed by atoms with Gasteiger partial charge in [0.25, 0.3) is 0 Å². The summed E-state index contributed by atoms with van der Waals surface area (Å²) >= 11 is 12.1. The minimum atomic E-state index is -0.569. The lowest BCUT2D eigenvalue weighted by atomic mass is 9.83. The molecule has 0 aliphatic heterocycles. The van der Waals surface area contributed by atoms with Gasteiger partial charge in [-0.05, 0) is 32.4 Å². The Morgan fingerprint density at radius 1 is 1.38 bits per heavy atom. The van der Waals surface area contributed by atoms with Gasteiger partial charge in [-0.2, -0.15) is 0 Å². The molecule has 1 aromatic heterocycles. The largest absolute Gasteiger partial charge is 0.444 e. The predicted molar refractivity (Wildman–Crippen MR) is 84.9 cm³/mol. The molecular formula is C14H21Cl2N3O2. The second-order valence-corrected chi connectivity index (χ2v) is 6.90. The van der Waals surface area contributed by atoms with Crippen LogP contribution in [0.3, 0.4) is 0 Å². The number of nitrogens with zero attached hydrogens (tertiary/aromatic N) is 1. The van der Waals surface area contributed by atoms with Gasteiger partial charge >= 0.3 is 6.09 Å². The van der Waals surface area contributed by atoms with Crippen LogP contribution in [-0.4, -0.2) is 29.8 Å². The summed E-state index contributed by atoms with van der Waals surface area (Å²) in [4.78, 5) is 15.7. The minimum Gasteiger partial charge on any atom is -0.444 e. The summed E-state index contributed by atoms with van der Waals surface area (Å²) in [6, 6.07) is 1.66. The lowest BCUT2D eigenvalue weighted by Gasteiger charge is -2.30. The molecule has 0 saturated carbocycles. The average molecular weight is 334 g/mol. The first kappa shape index (κ1) is 18.0. The van der Waals surface area contributed by atoms with Crippen LogP contribution in [0, 0.1) is 0 Å². The van der Waals surface area contributed by atoms with Crippen LogP contribution >= 0.6 is 23.2 Å². The molecule has 1 aromatic rings. The number of nitrogens with two attached hydrogens (primary N) is 1. The number of alkyl carbamates (subject to hydrolysis) is 1. The van der Waals surface area contributed by atoms with Crippen molar-refractivity contribution >= 4 is 29.3 Å². The molecule has 3 N–H and O–H groups in total. The number of halogens is 2. The number of rotatable bonds is 4. The zero-order valence-corrected chi connectivity index (χ0v) is 14.2. The third-order valence-corrected chi connectivity index (χ3v) is 3.45. The molecule has 0 radical (unpaired) electrons. The number of hydrogen-bond acceptors (Lipinski definition) is 4. The smallest absolute Gasteiger partial charge is 0.407 e.